The summed E-state index contributed by atoms with van der Waals surface area (Å²) in [5.74, 6) is 0. The van der Waals surface area contributed by atoms with Crippen molar-refractivity contribution in [2.75, 3.05) is 5.33 Å². The average Bonchev–Trinajstić information content (AvgIpc) is 2.03. The maximum atomic E-state index is 9.51. The molecular formula is C10H17BrO. The van der Waals surface area contributed by atoms with Crippen LogP contribution in [0.15, 0.2) is 23.3 Å². The molecule has 0 saturated carbocycles. The third-order valence-corrected chi connectivity index (χ3v) is 2.60. The highest BCUT2D eigenvalue weighted by Gasteiger charge is 2.00. The van der Waals surface area contributed by atoms with Crippen LogP contribution in [0.4, 0.5) is 0 Å². The lowest BCUT2D eigenvalue weighted by Gasteiger charge is -2.06. The zero-order valence-electron chi connectivity index (χ0n) is 7.97. The molecule has 0 spiro atoms. The minimum Gasteiger partial charge on any atom is -0.389 e. The van der Waals surface area contributed by atoms with Crippen LogP contribution in [0.5, 0.6) is 0 Å². The van der Waals surface area contributed by atoms with Crippen molar-refractivity contribution in [3.63, 3.8) is 0 Å². The molecule has 0 heterocycles. The Morgan fingerprint density at radius 2 is 2.00 bits per heavy atom. The van der Waals surface area contributed by atoms with Crippen LogP contribution in [0.3, 0.4) is 0 Å². The quantitative estimate of drug-likeness (QED) is 0.584. The predicted octanol–water partition coefficient (Wildman–Crippen LogP) is 3.04. The standard InChI is InChI=1S/C10H17BrO/c1-4-8(2)5-10(12)6-9(3)7-11/h4,6,10,12H,5,7H2,1-3H3. The first kappa shape index (κ1) is 11.9. The van der Waals surface area contributed by atoms with Gasteiger partial charge in [-0.3, -0.25) is 0 Å². The van der Waals surface area contributed by atoms with E-state index in [9.17, 15) is 5.11 Å². The maximum absolute atomic E-state index is 9.51. The molecule has 1 atom stereocenters. The highest BCUT2D eigenvalue weighted by Crippen LogP contribution is 2.08. The van der Waals surface area contributed by atoms with Gasteiger partial charge in [-0.1, -0.05) is 39.2 Å². The summed E-state index contributed by atoms with van der Waals surface area (Å²) in [5, 5.41) is 10.3. The first-order valence-corrected chi connectivity index (χ1v) is 5.25. The van der Waals surface area contributed by atoms with Crippen LogP contribution in [0.25, 0.3) is 0 Å². The average molecular weight is 233 g/mol. The number of aliphatic hydroxyl groups excluding tert-OH is 1. The van der Waals surface area contributed by atoms with Gasteiger partial charge in [-0.15, -0.1) is 0 Å². The topological polar surface area (TPSA) is 20.2 Å². The highest BCUT2D eigenvalue weighted by atomic mass is 79.9. The van der Waals surface area contributed by atoms with Gasteiger partial charge in [-0.2, -0.15) is 0 Å². The van der Waals surface area contributed by atoms with E-state index in [1.807, 2.05) is 32.9 Å². The van der Waals surface area contributed by atoms with E-state index in [4.69, 9.17) is 0 Å². The van der Waals surface area contributed by atoms with Crippen molar-refractivity contribution in [3.05, 3.63) is 23.3 Å². The lowest BCUT2D eigenvalue weighted by molar-refractivity contribution is 0.223. The summed E-state index contributed by atoms with van der Waals surface area (Å²) in [6.45, 7) is 6.02. The van der Waals surface area contributed by atoms with E-state index in [0.29, 0.717) is 0 Å². The summed E-state index contributed by atoms with van der Waals surface area (Å²) in [5.41, 5.74) is 2.40. The molecule has 1 unspecified atom stereocenters. The Hall–Kier alpha value is -0.0800. The monoisotopic (exact) mass is 232 g/mol. The van der Waals surface area contributed by atoms with Crippen molar-refractivity contribution in [1.29, 1.82) is 0 Å². The lowest BCUT2D eigenvalue weighted by Crippen LogP contribution is -2.03. The molecule has 1 nitrogen and oxygen atoms in total. The van der Waals surface area contributed by atoms with E-state index < -0.39 is 0 Å². The SMILES string of the molecule is CC=C(C)CC(O)C=C(C)CBr. The molecule has 2 heteroatoms. The Bertz CT molecular complexity index is 182. The lowest BCUT2D eigenvalue weighted by atomic mass is 10.1. The highest BCUT2D eigenvalue weighted by molar-refractivity contribution is 9.09. The number of halogens is 1. The fraction of sp³-hybridized carbons (Fsp3) is 0.600. The maximum Gasteiger partial charge on any atom is 0.0760 e. The van der Waals surface area contributed by atoms with E-state index in [0.717, 1.165) is 11.8 Å². The second-order valence-corrected chi connectivity index (χ2v) is 3.61. The summed E-state index contributed by atoms with van der Waals surface area (Å²) in [6.07, 6.45) is 4.32. The Morgan fingerprint density at radius 3 is 2.42 bits per heavy atom. The molecule has 1 N–H and O–H groups in total. The van der Waals surface area contributed by atoms with Crippen LogP contribution in [-0.2, 0) is 0 Å². The zero-order chi connectivity index (χ0) is 9.56. The molecule has 12 heavy (non-hydrogen) atoms. The van der Waals surface area contributed by atoms with Crippen LogP contribution in [0.2, 0.25) is 0 Å². The van der Waals surface area contributed by atoms with Gasteiger partial charge in [0, 0.05) is 5.33 Å². The second kappa shape index (κ2) is 6.44. The van der Waals surface area contributed by atoms with Gasteiger partial charge in [0.1, 0.15) is 0 Å². The second-order valence-electron chi connectivity index (χ2n) is 3.05. The molecule has 0 aliphatic carbocycles. The Kier molecular flexibility index (Phi) is 6.39. The van der Waals surface area contributed by atoms with Crippen molar-refractivity contribution >= 4 is 15.9 Å². The van der Waals surface area contributed by atoms with E-state index in [1.54, 1.807) is 0 Å². The van der Waals surface area contributed by atoms with Gasteiger partial charge in [-0.25, -0.2) is 0 Å². The van der Waals surface area contributed by atoms with Crippen molar-refractivity contribution in [2.24, 2.45) is 0 Å². The molecule has 0 aromatic heterocycles. The number of aliphatic hydroxyl groups is 1. The number of alkyl halides is 1. The van der Waals surface area contributed by atoms with Crippen molar-refractivity contribution in [3.8, 4) is 0 Å². The molecule has 0 bridgehead atoms. The fourth-order valence-electron chi connectivity index (χ4n) is 0.880. The molecule has 0 radical (unpaired) electrons. The molecule has 0 aromatic rings. The number of allylic oxidation sites excluding steroid dienone is 2. The summed E-state index contributed by atoms with van der Waals surface area (Å²) in [4.78, 5) is 0. The van der Waals surface area contributed by atoms with E-state index >= 15 is 0 Å². The number of hydrogen-bond acceptors (Lipinski definition) is 1. The molecular weight excluding hydrogens is 216 g/mol. The summed E-state index contributed by atoms with van der Waals surface area (Å²) < 4.78 is 0. The Balaban J connectivity index is 3.97. The minimum atomic E-state index is -0.334. The molecule has 0 aliphatic rings. The number of rotatable bonds is 4. The van der Waals surface area contributed by atoms with Gasteiger partial charge >= 0.3 is 0 Å². The predicted molar refractivity (Wildman–Crippen MR) is 57.6 cm³/mol. The van der Waals surface area contributed by atoms with E-state index in [2.05, 4.69) is 15.9 Å². The van der Waals surface area contributed by atoms with Crippen LogP contribution in [-0.4, -0.2) is 16.5 Å². The van der Waals surface area contributed by atoms with Crippen molar-refractivity contribution < 1.29 is 5.11 Å². The van der Waals surface area contributed by atoms with Crippen LogP contribution >= 0.6 is 15.9 Å². The van der Waals surface area contributed by atoms with Gasteiger partial charge in [0.2, 0.25) is 0 Å². The van der Waals surface area contributed by atoms with E-state index in [1.165, 1.54) is 11.1 Å². The Labute approximate surface area is 83.3 Å². The molecule has 70 valence electrons. The zero-order valence-corrected chi connectivity index (χ0v) is 9.56. The third kappa shape index (κ3) is 5.56. The van der Waals surface area contributed by atoms with Crippen LogP contribution < -0.4 is 0 Å². The van der Waals surface area contributed by atoms with Crippen molar-refractivity contribution in [1.82, 2.24) is 0 Å². The molecule has 0 rings (SSSR count). The molecule has 0 aliphatic heterocycles. The molecule has 0 aromatic carbocycles. The molecule has 0 amide bonds. The number of hydrogen-bond donors (Lipinski definition) is 1. The van der Waals surface area contributed by atoms with Crippen LogP contribution in [0.1, 0.15) is 27.2 Å². The molecule has 0 saturated heterocycles. The van der Waals surface area contributed by atoms with E-state index in [-0.39, 0.29) is 6.10 Å². The van der Waals surface area contributed by atoms with Gasteiger partial charge in [0.25, 0.3) is 0 Å². The minimum absolute atomic E-state index is 0.334. The summed E-state index contributed by atoms with van der Waals surface area (Å²) in [6, 6.07) is 0. The smallest absolute Gasteiger partial charge is 0.0760 e. The third-order valence-electron chi connectivity index (χ3n) is 1.71. The summed E-state index contributed by atoms with van der Waals surface area (Å²) >= 11 is 3.33. The van der Waals surface area contributed by atoms with Crippen molar-refractivity contribution in [2.45, 2.75) is 33.3 Å². The normalized spacial score (nSPS) is 16.4. The van der Waals surface area contributed by atoms with Gasteiger partial charge in [-0.05, 0) is 27.2 Å². The fourth-order valence-corrected chi connectivity index (χ4v) is 1.07. The van der Waals surface area contributed by atoms with Gasteiger partial charge < -0.3 is 5.11 Å². The molecule has 0 fully saturated rings. The van der Waals surface area contributed by atoms with Gasteiger partial charge in [0.05, 0.1) is 6.10 Å². The first-order chi connectivity index (χ1) is 5.60. The Morgan fingerprint density at radius 1 is 1.42 bits per heavy atom. The first-order valence-electron chi connectivity index (χ1n) is 4.13. The summed E-state index contributed by atoms with van der Waals surface area (Å²) in [7, 11) is 0. The van der Waals surface area contributed by atoms with Crippen LogP contribution in [0, 0.1) is 0 Å². The largest absolute Gasteiger partial charge is 0.389 e. The van der Waals surface area contributed by atoms with Gasteiger partial charge in [0.15, 0.2) is 0 Å².